The Kier molecular flexibility index (Phi) is 4.16. The van der Waals surface area contributed by atoms with Gasteiger partial charge in [0.15, 0.2) is 0 Å². The van der Waals surface area contributed by atoms with Gasteiger partial charge in [-0.05, 0) is 71.1 Å². The van der Waals surface area contributed by atoms with Crippen molar-refractivity contribution in [3.63, 3.8) is 0 Å². The van der Waals surface area contributed by atoms with Gasteiger partial charge in [0, 0.05) is 0 Å². The van der Waals surface area contributed by atoms with E-state index in [0.29, 0.717) is 11.0 Å². The van der Waals surface area contributed by atoms with Crippen LogP contribution in [0.15, 0.2) is 48.5 Å². The summed E-state index contributed by atoms with van der Waals surface area (Å²) in [5, 5.41) is 14.7. The Balaban J connectivity index is 1.70. The molecule has 136 valence electrons. The summed E-state index contributed by atoms with van der Waals surface area (Å²) >= 11 is 0. The second-order valence-corrected chi connectivity index (χ2v) is 9.33. The van der Waals surface area contributed by atoms with Crippen LogP contribution in [0.5, 0.6) is 5.75 Å². The van der Waals surface area contributed by atoms with Gasteiger partial charge in [-0.1, -0.05) is 42.8 Å². The van der Waals surface area contributed by atoms with Crippen LogP contribution in [0.2, 0.25) is 0 Å². The number of phenolic OH excluding ortho intramolecular Hbond substituents is 1. The van der Waals surface area contributed by atoms with Crippen molar-refractivity contribution in [1.29, 1.82) is 0 Å². The van der Waals surface area contributed by atoms with E-state index in [1.54, 1.807) is 12.1 Å². The minimum absolute atomic E-state index is 0.138. The Morgan fingerprint density at radius 1 is 0.885 bits per heavy atom. The number of primary sulfonamides is 1. The number of sulfonamides is 1. The molecule has 2 aromatic rings. The molecule has 2 aliphatic carbocycles. The average Bonchev–Trinajstić information content (AvgIpc) is 2.96. The van der Waals surface area contributed by atoms with E-state index in [1.165, 1.54) is 30.4 Å². The zero-order valence-corrected chi connectivity index (χ0v) is 15.4. The van der Waals surface area contributed by atoms with Crippen molar-refractivity contribution in [2.75, 3.05) is 0 Å². The molecule has 0 unspecified atom stereocenters. The van der Waals surface area contributed by atoms with Gasteiger partial charge in [-0.3, -0.25) is 0 Å². The summed E-state index contributed by atoms with van der Waals surface area (Å²) in [7, 11) is -3.52. The lowest BCUT2D eigenvalue weighted by molar-refractivity contribution is 0.157. The van der Waals surface area contributed by atoms with Crippen LogP contribution in [-0.2, 0) is 15.8 Å². The van der Waals surface area contributed by atoms with Gasteiger partial charge in [-0.25, -0.2) is 13.6 Å². The van der Waals surface area contributed by atoms with E-state index in [0.717, 1.165) is 24.0 Å². The van der Waals surface area contributed by atoms with Crippen molar-refractivity contribution in [2.24, 2.45) is 10.6 Å². The van der Waals surface area contributed by atoms with E-state index in [2.05, 4.69) is 0 Å². The highest BCUT2D eigenvalue weighted by Crippen LogP contribution is 2.59. The summed E-state index contributed by atoms with van der Waals surface area (Å²) in [6.07, 6.45) is 5.97. The van der Waals surface area contributed by atoms with Gasteiger partial charge in [-0.2, -0.15) is 0 Å². The Bertz CT molecular complexity index is 953. The fourth-order valence-corrected chi connectivity index (χ4v) is 4.96. The van der Waals surface area contributed by atoms with Crippen LogP contribution in [0.1, 0.15) is 48.8 Å². The number of hydrogen-bond donors (Lipinski definition) is 2. The maximum atomic E-state index is 11.3. The molecule has 0 aromatic heterocycles. The van der Waals surface area contributed by atoms with E-state index in [9.17, 15) is 13.5 Å². The van der Waals surface area contributed by atoms with Crippen molar-refractivity contribution >= 4 is 21.2 Å². The monoisotopic (exact) mass is 369 g/mol. The Hall–Kier alpha value is -2.11. The Morgan fingerprint density at radius 3 is 1.81 bits per heavy atom. The Labute approximate surface area is 154 Å². The fraction of sp³-hybridized carbons (Fsp3) is 0.333. The lowest BCUT2D eigenvalue weighted by Gasteiger charge is -2.39. The first-order chi connectivity index (χ1) is 12.3. The lowest BCUT2D eigenvalue weighted by Crippen LogP contribution is -2.26. The number of rotatable bonds is 4. The molecule has 5 heteroatoms. The molecule has 1 fully saturated rings. The van der Waals surface area contributed by atoms with Crippen LogP contribution < -0.4 is 5.14 Å². The number of phenols is 1. The summed E-state index contributed by atoms with van der Waals surface area (Å²) in [5.41, 5.74) is 6.10. The topological polar surface area (TPSA) is 80.4 Å². The van der Waals surface area contributed by atoms with E-state index >= 15 is 0 Å². The van der Waals surface area contributed by atoms with Gasteiger partial charge in [0.05, 0.1) is 5.75 Å². The minimum atomic E-state index is -3.52. The molecule has 0 heterocycles. The smallest absolute Gasteiger partial charge is 0.213 e. The van der Waals surface area contributed by atoms with Crippen molar-refractivity contribution in [3.05, 3.63) is 65.2 Å². The van der Waals surface area contributed by atoms with Crippen LogP contribution in [-0.4, -0.2) is 13.5 Å². The van der Waals surface area contributed by atoms with Gasteiger partial charge in [0.2, 0.25) is 10.0 Å². The molecule has 0 aliphatic heterocycles. The molecule has 1 saturated carbocycles. The molecule has 1 spiro atoms. The van der Waals surface area contributed by atoms with Gasteiger partial charge in [0.1, 0.15) is 5.75 Å². The lowest BCUT2D eigenvalue weighted by atomic mass is 9.66. The number of hydrogen-bond acceptors (Lipinski definition) is 3. The highest BCUT2D eigenvalue weighted by molar-refractivity contribution is 7.88. The summed E-state index contributed by atoms with van der Waals surface area (Å²) < 4.78 is 22.6. The molecule has 0 radical (unpaired) electrons. The molecule has 0 bridgehead atoms. The maximum Gasteiger partial charge on any atom is 0.213 e. The third kappa shape index (κ3) is 3.41. The third-order valence-corrected chi connectivity index (χ3v) is 6.50. The van der Waals surface area contributed by atoms with Crippen LogP contribution >= 0.6 is 0 Å². The van der Waals surface area contributed by atoms with Crippen LogP contribution in [0.3, 0.4) is 0 Å². The number of allylic oxidation sites excluding steroid dienone is 2. The third-order valence-electron chi connectivity index (χ3n) is 5.77. The van der Waals surface area contributed by atoms with Crippen molar-refractivity contribution in [3.8, 4) is 5.75 Å². The molecule has 3 N–H and O–H groups in total. The van der Waals surface area contributed by atoms with Crippen LogP contribution in [0, 0.1) is 5.41 Å². The molecular weight excluding hydrogens is 346 g/mol. The number of aromatic hydroxyl groups is 1. The highest BCUT2D eigenvalue weighted by atomic mass is 32.2. The second kappa shape index (κ2) is 6.25. The van der Waals surface area contributed by atoms with Crippen LogP contribution in [0.4, 0.5) is 0 Å². The largest absolute Gasteiger partial charge is 0.508 e. The predicted molar refractivity (Wildman–Crippen MR) is 104 cm³/mol. The van der Waals surface area contributed by atoms with Gasteiger partial charge < -0.3 is 5.11 Å². The molecule has 0 atom stereocenters. The van der Waals surface area contributed by atoms with Crippen molar-refractivity contribution < 1.29 is 13.5 Å². The zero-order valence-electron chi connectivity index (χ0n) is 14.6. The first-order valence-corrected chi connectivity index (χ1v) is 10.7. The molecule has 4 rings (SSSR count). The van der Waals surface area contributed by atoms with Gasteiger partial charge in [0.25, 0.3) is 0 Å². The van der Waals surface area contributed by atoms with Gasteiger partial charge in [-0.15, -0.1) is 0 Å². The predicted octanol–water partition coefficient (Wildman–Crippen LogP) is 4.06. The first kappa shape index (κ1) is 17.3. The molecular formula is C21H23NO3S. The van der Waals surface area contributed by atoms with Gasteiger partial charge >= 0.3 is 0 Å². The average molecular weight is 369 g/mol. The molecule has 4 nitrogen and oxygen atoms in total. The summed E-state index contributed by atoms with van der Waals surface area (Å²) in [6.45, 7) is 0. The first-order valence-electron chi connectivity index (χ1n) is 8.95. The molecule has 0 saturated heterocycles. The SMILES string of the molecule is NS(=O)(=O)Cc1ccc(C2=C(c3ccc(O)cc3)CC3(CCC3)C2)cc1. The normalized spacial score (nSPS) is 19.0. The van der Waals surface area contributed by atoms with Crippen molar-refractivity contribution in [1.82, 2.24) is 0 Å². The summed E-state index contributed by atoms with van der Waals surface area (Å²) in [4.78, 5) is 0. The molecule has 2 aliphatic rings. The maximum absolute atomic E-state index is 11.3. The second-order valence-electron chi connectivity index (χ2n) is 7.72. The standard InChI is InChI=1S/C21H23NO3S/c22-26(24,25)14-15-2-4-16(5-3-15)19-12-21(10-1-11-21)13-20(19)17-6-8-18(23)9-7-17/h2-9,23H,1,10-14H2,(H2,22,24,25). The number of benzene rings is 2. The molecule has 26 heavy (non-hydrogen) atoms. The summed E-state index contributed by atoms with van der Waals surface area (Å²) in [6, 6.07) is 15.2. The summed E-state index contributed by atoms with van der Waals surface area (Å²) in [5.74, 6) is 0.140. The number of nitrogens with two attached hydrogens (primary N) is 1. The van der Waals surface area contributed by atoms with E-state index < -0.39 is 10.0 Å². The molecule has 2 aromatic carbocycles. The van der Waals surface area contributed by atoms with E-state index in [-0.39, 0.29) is 11.5 Å². The zero-order chi connectivity index (χ0) is 18.4. The minimum Gasteiger partial charge on any atom is -0.508 e. The van der Waals surface area contributed by atoms with E-state index in [1.807, 2.05) is 36.4 Å². The fourth-order valence-electron chi connectivity index (χ4n) is 4.31. The Morgan fingerprint density at radius 2 is 1.38 bits per heavy atom. The van der Waals surface area contributed by atoms with Crippen LogP contribution in [0.25, 0.3) is 11.1 Å². The van der Waals surface area contributed by atoms with E-state index in [4.69, 9.17) is 5.14 Å². The highest BCUT2D eigenvalue weighted by Gasteiger charge is 2.43. The van der Waals surface area contributed by atoms with Crippen molar-refractivity contribution in [2.45, 2.75) is 37.9 Å². The quantitative estimate of drug-likeness (QED) is 0.853. The molecule has 0 amide bonds.